The Bertz CT molecular complexity index is 231. The highest BCUT2D eigenvalue weighted by Gasteiger charge is 2.28. The van der Waals surface area contributed by atoms with Crippen molar-refractivity contribution in [1.82, 2.24) is 5.32 Å². The van der Waals surface area contributed by atoms with Crippen molar-refractivity contribution in [3.05, 3.63) is 0 Å². The molecule has 1 fully saturated rings. The van der Waals surface area contributed by atoms with Crippen LogP contribution >= 0.6 is 0 Å². The van der Waals surface area contributed by atoms with Crippen molar-refractivity contribution in [2.75, 3.05) is 6.61 Å². The molecule has 1 aliphatic rings. The van der Waals surface area contributed by atoms with E-state index < -0.39 is 0 Å². The van der Waals surface area contributed by atoms with Crippen molar-refractivity contribution >= 4 is 5.91 Å². The summed E-state index contributed by atoms with van der Waals surface area (Å²) in [7, 11) is 0. The van der Waals surface area contributed by atoms with Gasteiger partial charge >= 0.3 is 0 Å². The minimum absolute atomic E-state index is 0.0166. The molecule has 0 heterocycles. The van der Waals surface area contributed by atoms with E-state index in [9.17, 15) is 9.90 Å². The van der Waals surface area contributed by atoms with Gasteiger partial charge in [0, 0.05) is 12.0 Å². The average molecular weight is 228 g/mol. The summed E-state index contributed by atoms with van der Waals surface area (Å²) in [6.45, 7) is 4.18. The first-order valence-electron chi connectivity index (χ1n) is 6.19. The molecule has 0 radical (unpaired) electrons. The van der Waals surface area contributed by atoms with E-state index in [0.29, 0.717) is 5.92 Å². The maximum Gasteiger partial charge on any atom is 0.223 e. The molecule has 0 aromatic rings. The van der Waals surface area contributed by atoms with E-state index in [1.165, 1.54) is 0 Å². The third-order valence-electron chi connectivity index (χ3n) is 3.17. The Kier molecular flexibility index (Phi) is 5.22. The number of hydrogen-bond donors (Lipinski definition) is 3. The smallest absolute Gasteiger partial charge is 0.223 e. The Morgan fingerprint density at radius 2 is 2.19 bits per heavy atom. The number of rotatable bonds is 5. The number of carbonyl (C=O) groups excluding carboxylic acids is 1. The third kappa shape index (κ3) is 4.10. The summed E-state index contributed by atoms with van der Waals surface area (Å²) in [4.78, 5) is 11.9. The molecule has 1 amide bonds. The number of nitrogens with one attached hydrogen (secondary N) is 1. The highest BCUT2D eigenvalue weighted by Crippen LogP contribution is 2.24. The van der Waals surface area contributed by atoms with Crippen LogP contribution in [0, 0.1) is 11.8 Å². The molecule has 1 aliphatic carbocycles. The van der Waals surface area contributed by atoms with Crippen molar-refractivity contribution < 1.29 is 9.90 Å². The lowest BCUT2D eigenvalue weighted by Crippen LogP contribution is -2.41. The van der Waals surface area contributed by atoms with Gasteiger partial charge in [-0.05, 0) is 31.6 Å². The molecule has 16 heavy (non-hydrogen) atoms. The molecule has 1 rings (SSSR count). The van der Waals surface area contributed by atoms with E-state index in [0.717, 1.165) is 25.7 Å². The SMILES string of the molecule is CC(C)CC(CO)NC(=O)C1CCC(N)C1. The highest BCUT2D eigenvalue weighted by atomic mass is 16.3. The van der Waals surface area contributed by atoms with E-state index in [1.807, 2.05) is 0 Å². The summed E-state index contributed by atoms with van der Waals surface area (Å²) >= 11 is 0. The molecule has 0 spiro atoms. The lowest BCUT2D eigenvalue weighted by Gasteiger charge is -2.20. The van der Waals surface area contributed by atoms with Crippen molar-refractivity contribution in [2.45, 2.75) is 51.6 Å². The standard InChI is InChI=1S/C12H24N2O2/c1-8(2)5-11(7-15)14-12(16)9-3-4-10(13)6-9/h8-11,15H,3-7,13H2,1-2H3,(H,14,16). The Balaban J connectivity index is 2.36. The number of carbonyl (C=O) groups is 1. The molecule has 3 unspecified atom stereocenters. The van der Waals surface area contributed by atoms with Gasteiger partial charge in [0.25, 0.3) is 0 Å². The number of nitrogens with two attached hydrogens (primary N) is 1. The van der Waals surface area contributed by atoms with Crippen molar-refractivity contribution in [2.24, 2.45) is 17.6 Å². The zero-order valence-electron chi connectivity index (χ0n) is 10.3. The highest BCUT2D eigenvalue weighted by molar-refractivity contribution is 5.79. The molecule has 0 bridgehead atoms. The fourth-order valence-electron chi connectivity index (χ4n) is 2.32. The summed E-state index contributed by atoms with van der Waals surface area (Å²) in [5.74, 6) is 0.590. The fraction of sp³-hybridized carbons (Fsp3) is 0.917. The molecular weight excluding hydrogens is 204 g/mol. The molecule has 4 heteroatoms. The molecule has 0 saturated heterocycles. The first-order valence-corrected chi connectivity index (χ1v) is 6.19. The van der Waals surface area contributed by atoms with Crippen LogP contribution in [0.5, 0.6) is 0 Å². The minimum Gasteiger partial charge on any atom is -0.394 e. The molecule has 4 nitrogen and oxygen atoms in total. The maximum atomic E-state index is 11.9. The minimum atomic E-state index is -0.107. The fourth-order valence-corrected chi connectivity index (χ4v) is 2.32. The average Bonchev–Trinajstić information content (AvgIpc) is 2.63. The van der Waals surface area contributed by atoms with Crippen molar-refractivity contribution in [3.8, 4) is 0 Å². The zero-order valence-corrected chi connectivity index (χ0v) is 10.3. The van der Waals surface area contributed by atoms with Crippen LogP contribution in [0.25, 0.3) is 0 Å². The molecule has 3 atom stereocenters. The number of amides is 1. The van der Waals surface area contributed by atoms with Gasteiger partial charge in [0.1, 0.15) is 0 Å². The quantitative estimate of drug-likeness (QED) is 0.646. The number of hydrogen-bond acceptors (Lipinski definition) is 3. The van der Waals surface area contributed by atoms with E-state index in [1.54, 1.807) is 0 Å². The second-order valence-corrected chi connectivity index (χ2v) is 5.29. The number of aliphatic hydroxyl groups excluding tert-OH is 1. The molecule has 0 aromatic heterocycles. The van der Waals surface area contributed by atoms with Gasteiger partial charge in [-0.2, -0.15) is 0 Å². The monoisotopic (exact) mass is 228 g/mol. The van der Waals surface area contributed by atoms with Crippen molar-refractivity contribution in [3.63, 3.8) is 0 Å². The topological polar surface area (TPSA) is 75.3 Å². The van der Waals surface area contributed by atoms with Crippen molar-refractivity contribution in [1.29, 1.82) is 0 Å². The van der Waals surface area contributed by atoms with Crippen LogP contribution in [0.4, 0.5) is 0 Å². The first-order chi connectivity index (χ1) is 7.52. The van der Waals surface area contributed by atoms with Gasteiger partial charge in [-0.15, -0.1) is 0 Å². The van der Waals surface area contributed by atoms with Gasteiger partial charge in [0.15, 0.2) is 0 Å². The Labute approximate surface area is 97.6 Å². The van der Waals surface area contributed by atoms with E-state index in [-0.39, 0.29) is 30.5 Å². The predicted octanol–water partition coefficient (Wildman–Crippen LogP) is 0.637. The summed E-state index contributed by atoms with van der Waals surface area (Å²) in [5, 5.41) is 12.1. The van der Waals surface area contributed by atoms with Gasteiger partial charge < -0.3 is 16.2 Å². The third-order valence-corrected chi connectivity index (χ3v) is 3.17. The second-order valence-electron chi connectivity index (χ2n) is 5.29. The van der Waals surface area contributed by atoms with E-state index >= 15 is 0 Å². The van der Waals surface area contributed by atoms with Crippen LogP contribution in [-0.2, 0) is 4.79 Å². The van der Waals surface area contributed by atoms with Crippen LogP contribution in [0.15, 0.2) is 0 Å². The molecule has 0 aromatic carbocycles. The Morgan fingerprint density at radius 1 is 1.50 bits per heavy atom. The van der Waals surface area contributed by atoms with Crippen LogP contribution in [0.1, 0.15) is 39.5 Å². The van der Waals surface area contributed by atoms with E-state index in [4.69, 9.17) is 5.73 Å². The Hall–Kier alpha value is -0.610. The zero-order chi connectivity index (χ0) is 12.1. The summed E-state index contributed by atoms with van der Waals surface area (Å²) in [5.41, 5.74) is 5.78. The maximum absolute atomic E-state index is 11.9. The normalized spacial score (nSPS) is 27.1. The predicted molar refractivity (Wildman–Crippen MR) is 63.8 cm³/mol. The first kappa shape index (κ1) is 13.5. The van der Waals surface area contributed by atoms with Crippen LogP contribution < -0.4 is 11.1 Å². The Morgan fingerprint density at radius 3 is 2.62 bits per heavy atom. The lowest BCUT2D eigenvalue weighted by molar-refractivity contribution is -0.126. The van der Waals surface area contributed by atoms with Crippen LogP contribution in [0.3, 0.4) is 0 Å². The number of aliphatic hydroxyl groups is 1. The van der Waals surface area contributed by atoms with Crippen LogP contribution in [-0.4, -0.2) is 29.7 Å². The molecular formula is C12H24N2O2. The molecule has 94 valence electrons. The summed E-state index contributed by atoms with van der Waals surface area (Å²) in [6.07, 6.45) is 3.42. The van der Waals surface area contributed by atoms with Gasteiger partial charge in [0.05, 0.1) is 12.6 Å². The largest absolute Gasteiger partial charge is 0.394 e. The summed E-state index contributed by atoms with van der Waals surface area (Å²) < 4.78 is 0. The molecule has 0 aliphatic heterocycles. The van der Waals surface area contributed by atoms with Crippen LogP contribution in [0.2, 0.25) is 0 Å². The molecule has 1 saturated carbocycles. The second kappa shape index (κ2) is 6.21. The molecule has 4 N–H and O–H groups in total. The van der Waals surface area contributed by atoms with E-state index in [2.05, 4.69) is 19.2 Å². The van der Waals surface area contributed by atoms with Gasteiger partial charge in [0.2, 0.25) is 5.91 Å². The lowest BCUT2D eigenvalue weighted by atomic mass is 10.0. The summed E-state index contributed by atoms with van der Waals surface area (Å²) in [6, 6.07) is 0.0674. The van der Waals surface area contributed by atoms with Gasteiger partial charge in [-0.1, -0.05) is 13.8 Å². The van der Waals surface area contributed by atoms with Gasteiger partial charge in [-0.25, -0.2) is 0 Å². The van der Waals surface area contributed by atoms with Gasteiger partial charge in [-0.3, -0.25) is 4.79 Å².